The fourth-order valence-electron chi connectivity index (χ4n) is 8.50. The summed E-state index contributed by atoms with van der Waals surface area (Å²) in [5.74, 6) is 2.03. The molecule has 0 spiro atoms. The highest BCUT2D eigenvalue weighted by Crippen LogP contribution is 2.41. The molecule has 0 amide bonds. The summed E-state index contributed by atoms with van der Waals surface area (Å²) in [6, 6.07) is 49.7. The third-order valence-electron chi connectivity index (χ3n) is 12.8. The highest BCUT2D eigenvalue weighted by atomic mass is 15.0. The van der Waals surface area contributed by atoms with Crippen molar-refractivity contribution in [2.24, 2.45) is 0 Å². The predicted octanol–water partition coefficient (Wildman–Crippen LogP) is 17.0. The molecule has 8 rings (SSSR count). The molecule has 1 aromatic heterocycles. The first-order chi connectivity index (χ1) is 29.8. The molecule has 0 aliphatic heterocycles. The molecule has 0 atom stereocenters. The van der Waals surface area contributed by atoms with Gasteiger partial charge in [0.05, 0.1) is 0 Å². The van der Waals surface area contributed by atoms with Crippen LogP contribution in [0, 0.1) is 0 Å². The van der Waals surface area contributed by atoms with Crippen LogP contribution in [-0.4, -0.2) is 15.0 Å². The third kappa shape index (κ3) is 9.18. The van der Waals surface area contributed by atoms with Crippen molar-refractivity contribution < 1.29 is 0 Å². The summed E-state index contributed by atoms with van der Waals surface area (Å²) in [6.07, 6.45) is 0. The van der Waals surface area contributed by atoms with Crippen LogP contribution in [0.3, 0.4) is 0 Å². The van der Waals surface area contributed by atoms with Crippen molar-refractivity contribution >= 4 is 21.5 Å². The van der Waals surface area contributed by atoms with Gasteiger partial charge in [0.2, 0.25) is 0 Å². The van der Waals surface area contributed by atoms with Crippen LogP contribution in [0.1, 0.15) is 132 Å². The fraction of sp³-hybridized carbons (Fsp3) is 0.328. The van der Waals surface area contributed by atoms with E-state index in [1.165, 1.54) is 66.1 Å². The summed E-state index contributed by atoms with van der Waals surface area (Å²) in [6.45, 7) is 34.2. The van der Waals surface area contributed by atoms with Crippen molar-refractivity contribution in [3.05, 3.63) is 161 Å². The molecule has 3 heteroatoms. The molecule has 0 aliphatic carbocycles. The molecule has 1 heterocycles. The van der Waals surface area contributed by atoms with Gasteiger partial charge in [0.25, 0.3) is 0 Å². The van der Waals surface area contributed by atoms with Gasteiger partial charge in [-0.1, -0.05) is 201 Å². The third-order valence-corrected chi connectivity index (χ3v) is 12.8. The van der Waals surface area contributed by atoms with Gasteiger partial charge in [0.1, 0.15) is 0 Å². The van der Waals surface area contributed by atoms with Gasteiger partial charge < -0.3 is 0 Å². The maximum atomic E-state index is 5.35. The van der Waals surface area contributed by atoms with Gasteiger partial charge in [0, 0.05) is 16.7 Å². The number of aromatic nitrogens is 3. The van der Waals surface area contributed by atoms with Crippen LogP contribution in [0.5, 0.6) is 0 Å². The second-order valence-corrected chi connectivity index (χ2v) is 23.2. The predicted molar refractivity (Wildman–Crippen MR) is 276 cm³/mol. The Bertz CT molecular complexity index is 2880. The Morgan fingerprint density at radius 2 is 0.609 bits per heavy atom. The summed E-state index contributed by atoms with van der Waals surface area (Å²) in [5, 5.41) is 5.07. The molecular weight excluding hydrogens is 775 g/mol. The van der Waals surface area contributed by atoms with E-state index in [-0.39, 0.29) is 27.1 Å². The number of rotatable bonds is 5. The Morgan fingerprint density at radius 3 is 1.06 bits per heavy atom. The Hall–Kier alpha value is -5.93. The molecule has 0 saturated carbocycles. The molecule has 3 nitrogen and oxygen atoms in total. The normalized spacial score (nSPS) is 12.9. The minimum atomic E-state index is -0.0568. The highest BCUT2D eigenvalue weighted by molar-refractivity contribution is 6.14. The Labute approximate surface area is 383 Å². The lowest BCUT2D eigenvalue weighted by molar-refractivity contribution is 0.568. The average molecular weight is 842 g/mol. The molecule has 64 heavy (non-hydrogen) atoms. The van der Waals surface area contributed by atoms with Crippen LogP contribution in [-0.2, 0) is 27.1 Å². The van der Waals surface area contributed by atoms with Gasteiger partial charge in [-0.2, -0.15) is 0 Å². The van der Waals surface area contributed by atoms with Crippen molar-refractivity contribution in [2.45, 2.75) is 131 Å². The summed E-state index contributed by atoms with van der Waals surface area (Å²) in [7, 11) is 0. The zero-order chi connectivity index (χ0) is 46.1. The highest BCUT2D eigenvalue weighted by Gasteiger charge is 2.26. The van der Waals surface area contributed by atoms with Crippen molar-refractivity contribution in [3.8, 4) is 56.4 Å². The lowest BCUT2D eigenvalue weighted by Crippen LogP contribution is -2.17. The van der Waals surface area contributed by atoms with Crippen LogP contribution >= 0.6 is 0 Å². The van der Waals surface area contributed by atoms with E-state index in [9.17, 15) is 0 Å². The molecule has 7 aromatic carbocycles. The topological polar surface area (TPSA) is 38.7 Å². The van der Waals surface area contributed by atoms with E-state index in [4.69, 9.17) is 15.0 Å². The second kappa shape index (κ2) is 15.9. The quantitative estimate of drug-likeness (QED) is 0.162. The van der Waals surface area contributed by atoms with E-state index >= 15 is 0 Å². The lowest BCUT2D eigenvalue weighted by atomic mass is 9.79. The smallest absolute Gasteiger partial charge is 0.164 e. The lowest BCUT2D eigenvalue weighted by Gasteiger charge is -2.26. The van der Waals surface area contributed by atoms with E-state index < -0.39 is 0 Å². The number of hydrogen-bond acceptors (Lipinski definition) is 3. The van der Waals surface area contributed by atoms with Gasteiger partial charge in [-0.3, -0.25) is 0 Å². The molecule has 0 saturated heterocycles. The standard InChI is InChI=1S/C61H67N3/c1-57(2,3)45-29-41(28-42(30-45)53-35-40-20-16-17-21-50(40)51-22-18-19-23-52(51)53)38-24-26-39(27-25-38)54-62-55(43-31-46(58(4,5)6)36-47(32-43)59(7,8)9)64-56(63-54)44-33-48(60(10,11)12)37-49(34-44)61(13,14)15/h16-37H,1-15H3. The molecule has 8 aromatic rings. The molecule has 0 radical (unpaired) electrons. The van der Waals surface area contributed by atoms with Crippen LogP contribution in [0.15, 0.2) is 133 Å². The molecule has 0 unspecified atom stereocenters. The van der Waals surface area contributed by atoms with Crippen LogP contribution in [0.4, 0.5) is 0 Å². The Kier molecular flexibility index (Phi) is 11.1. The second-order valence-electron chi connectivity index (χ2n) is 23.2. The SMILES string of the molecule is CC(C)(C)c1cc(-c2ccc(-c3nc(-c4cc(C(C)(C)C)cc(C(C)(C)C)c4)nc(-c4cc(C(C)(C)C)cc(C(C)(C)C)c4)n3)cc2)cc(-c2cc3ccccc3c3ccccc23)c1. The maximum absolute atomic E-state index is 5.35. The average Bonchev–Trinajstić information content (AvgIpc) is 3.24. The first kappa shape index (κ1) is 44.7. The molecular formula is C61H67N3. The van der Waals surface area contributed by atoms with Gasteiger partial charge in [-0.15, -0.1) is 0 Å². The molecule has 0 N–H and O–H groups in total. The van der Waals surface area contributed by atoms with Crippen molar-refractivity contribution in [1.82, 2.24) is 15.0 Å². The van der Waals surface area contributed by atoms with Crippen LogP contribution < -0.4 is 0 Å². The number of hydrogen-bond donors (Lipinski definition) is 0. The summed E-state index contributed by atoms with van der Waals surface area (Å²) < 4.78 is 0. The summed E-state index contributed by atoms with van der Waals surface area (Å²) >= 11 is 0. The zero-order valence-electron chi connectivity index (χ0n) is 41.0. The molecule has 0 bridgehead atoms. The largest absolute Gasteiger partial charge is 0.208 e. The van der Waals surface area contributed by atoms with Gasteiger partial charge in [-0.05, 0) is 135 Å². The number of fused-ring (bicyclic) bond motifs is 3. The monoisotopic (exact) mass is 842 g/mol. The van der Waals surface area contributed by atoms with Crippen LogP contribution in [0.25, 0.3) is 78.0 Å². The van der Waals surface area contributed by atoms with Crippen LogP contribution in [0.2, 0.25) is 0 Å². The fourth-order valence-corrected chi connectivity index (χ4v) is 8.50. The first-order valence-corrected chi connectivity index (χ1v) is 23.1. The van der Waals surface area contributed by atoms with Crippen molar-refractivity contribution in [2.75, 3.05) is 0 Å². The van der Waals surface area contributed by atoms with Gasteiger partial charge >= 0.3 is 0 Å². The Morgan fingerprint density at radius 1 is 0.266 bits per heavy atom. The molecule has 0 aliphatic rings. The van der Waals surface area contributed by atoms with E-state index in [0.29, 0.717) is 17.5 Å². The molecule has 326 valence electrons. The number of nitrogens with zero attached hydrogens (tertiary/aromatic N) is 3. The maximum Gasteiger partial charge on any atom is 0.164 e. The van der Waals surface area contributed by atoms with Gasteiger partial charge in [0.15, 0.2) is 17.5 Å². The van der Waals surface area contributed by atoms with Gasteiger partial charge in [-0.25, -0.2) is 15.0 Å². The first-order valence-electron chi connectivity index (χ1n) is 23.1. The molecule has 0 fully saturated rings. The number of benzene rings is 7. The van der Waals surface area contributed by atoms with Crippen molar-refractivity contribution in [3.63, 3.8) is 0 Å². The zero-order valence-corrected chi connectivity index (χ0v) is 41.0. The summed E-state index contributed by atoms with van der Waals surface area (Å²) in [5.41, 5.74) is 13.9. The summed E-state index contributed by atoms with van der Waals surface area (Å²) in [4.78, 5) is 16.0. The van der Waals surface area contributed by atoms with E-state index in [1.807, 2.05) is 0 Å². The van der Waals surface area contributed by atoms with E-state index in [1.54, 1.807) is 0 Å². The Balaban J connectivity index is 1.31. The van der Waals surface area contributed by atoms with Crippen molar-refractivity contribution in [1.29, 1.82) is 0 Å². The minimum absolute atomic E-state index is 0.0523. The van der Waals surface area contributed by atoms with E-state index in [2.05, 4.69) is 237 Å². The minimum Gasteiger partial charge on any atom is -0.208 e. The van der Waals surface area contributed by atoms with E-state index in [0.717, 1.165) is 22.3 Å².